The van der Waals surface area contributed by atoms with E-state index in [0.717, 1.165) is 48.2 Å². The van der Waals surface area contributed by atoms with E-state index in [9.17, 15) is 9.59 Å². The van der Waals surface area contributed by atoms with Crippen LogP contribution in [0.2, 0.25) is 0 Å². The number of nitrogens with zero attached hydrogens (tertiary/aromatic N) is 3. The van der Waals surface area contributed by atoms with Crippen LogP contribution >= 0.6 is 15.9 Å². The molecule has 3 rings (SSSR count). The van der Waals surface area contributed by atoms with E-state index < -0.39 is 0 Å². The lowest BCUT2D eigenvalue weighted by atomic mass is 9.94. The van der Waals surface area contributed by atoms with Gasteiger partial charge in [-0.25, -0.2) is 0 Å². The molecule has 0 N–H and O–H groups in total. The number of piperidine rings is 1. The molecule has 2 fully saturated rings. The molecule has 1 unspecified atom stereocenters. The minimum Gasteiger partial charge on any atom is -0.342 e. The first-order chi connectivity index (χ1) is 13.3. The van der Waals surface area contributed by atoms with Crippen molar-refractivity contribution in [2.75, 3.05) is 38.1 Å². The highest BCUT2D eigenvalue weighted by Crippen LogP contribution is 2.30. The van der Waals surface area contributed by atoms with E-state index in [1.165, 1.54) is 0 Å². The standard InChI is InChI=1S/C22H32BrN3O2/c1-15(2)24(4)13-17-7-9-25(10-8-17)22(28)18-12-21(27)26(14-18)19-5-6-20(23)16(3)11-19/h5-6,11,15,17-18H,7-10,12-14H2,1-4H3. The Balaban J connectivity index is 1.56. The van der Waals surface area contributed by atoms with Crippen LogP contribution in [0.1, 0.15) is 38.7 Å². The molecule has 2 saturated heterocycles. The highest BCUT2D eigenvalue weighted by molar-refractivity contribution is 9.10. The van der Waals surface area contributed by atoms with Crippen LogP contribution in [0, 0.1) is 18.8 Å². The fraction of sp³-hybridized carbons (Fsp3) is 0.636. The molecule has 1 aromatic rings. The van der Waals surface area contributed by atoms with E-state index in [1.54, 1.807) is 4.90 Å². The number of anilines is 1. The predicted molar refractivity (Wildman–Crippen MR) is 116 cm³/mol. The lowest BCUT2D eigenvalue weighted by Crippen LogP contribution is -2.44. The SMILES string of the molecule is Cc1cc(N2CC(C(=O)N3CCC(CN(C)C(C)C)CC3)CC2=O)ccc1Br. The van der Waals surface area contributed by atoms with Gasteiger partial charge in [-0.05, 0) is 70.3 Å². The summed E-state index contributed by atoms with van der Waals surface area (Å²) in [5, 5.41) is 0. The maximum Gasteiger partial charge on any atom is 0.228 e. The molecule has 5 nitrogen and oxygen atoms in total. The van der Waals surface area contributed by atoms with Crippen molar-refractivity contribution >= 4 is 33.4 Å². The molecule has 0 radical (unpaired) electrons. The first kappa shape index (κ1) is 21.3. The molecule has 2 amide bonds. The van der Waals surface area contributed by atoms with Crippen molar-refractivity contribution in [3.8, 4) is 0 Å². The number of halogens is 1. The molecule has 28 heavy (non-hydrogen) atoms. The molecule has 1 aromatic carbocycles. The van der Waals surface area contributed by atoms with Gasteiger partial charge < -0.3 is 14.7 Å². The Morgan fingerprint density at radius 2 is 1.96 bits per heavy atom. The Hall–Kier alpha value is -1.40. The Bertz CT molecular complexity index is 728. The number of aryl methyl sites for hydroxylation is 1. The summed E-state index contributed by atoms with van der Waals surface area (Å²) < 4.78 is 1.03. The summed E-state index contributed by atoms with van der Waals surface area (Å²) in [5.41, 5.74) is 1.98. The van der Waals surface area contributed by atoms with E-state index >= 15 is 0 Å². The summed E-state index contributed by atoms with van der Waals surface area (Å²) in [6.45, 7) is 9.67. The molecule has 0 saturated carbocycles. The monoisotopic (exact) mass is 449 g/mol. The molecule has 0 spiro atoms. The molecule has 1 atom stereocenters. The number of carbonyl (C=O) groups excluding carboxylic acids is 2. The van der Waals surface area contributed by atoms with Crippen LogP contribution in [0.4, 0.5) is 5.69 Å². The number of benzene rings is 1. The zero-order valence-corrected chi connectivity index (χ0v) is 19.0. The lowest BCUT2D eigenvalue weighted by molar-refractivity contribution is -0.137. The van der Waals surface area contributed by atoms with Gasteiger partial charge in [0, 0.05) is 48.8 Å². The van der Waals surface area contributed by atoms with Gasteiger partial charge in [-0.1, -0.05) is 15.9 Å². The van der Waals surface area contributed by atoms with Crippen molar-refractivity contribution in [2.45, 2.75) is 46.1 Å². The summed E-state index contributed by atoms with van der Waals surface area (Å²) in [5.74, 6) is 0.643. The molecule has 154 valence electrons. The van der Waals surface area contributed by atoms with Gasteiger partial charge in [0.25, 0.3) is 0 Å². The van der Waals surface area contributed by atoms with E-state index in [2.05, 4.69) is 41.7 Å². The normalized spacial score (nSPS) is 21.2. The molecule has 2 aliphatic rings. The van der Waals surface area contributed by atoms with Gasteiger partial charge in [0.15, 0.2) is 0 Å². The van der Waals surface area contributed by atoms with Crippen molar-refractivity contribution < 1.29 is 9.59 Å². The zero-order chi connectivity index (χ0) is 20.4. The third-order valence-electron chi connectivity index (χ3n) is 6.28. The summed E-state index contributed by atoms with van der Waals surface area (Å²) in [4.78, 5) is 31.7. The van der Waals surface area contributed by atoms with Gasteiger partial charge in [-0.15, -0.1) is 0 Å². The molecule has 2 aliphatic heterocycles. The number of carbonyl (C=O) groups is 2. The van der Waals surface area contributed by atoms with Crippen LogP contribution in [0.25, 0.3) is 0 Å². The molecular formula is C22H32BrN3O2. The lowest BCUT2D eigenvalue weighted by Gasteiger charge is -2.36. The average Bonchev–Trinajstić information content (AvgIpc) is 3.05. The Kier molecular flexibility index (Phi) is 6.81. The summed E-state index contributed by atoms with van der Waals surface area (Å²) >= 11 is 3.50. The van der Waals surface area contributed by atoms with Gasteiger partial charge >= 0.3 is 0 Å². The van der Waals surface area contributed by atoms with Crippen LogP contribution in [0.5, 0.6) is 0 Å². The summed E-state index contributed by atoms with van der Waals surface area (Å²) in [7, 11) is 2.17. The molecule has 2 heterocycles. The quantitative estimate of drug-likeness (QED) is 0.688. The van der Waals surface area contributed by atoms with Gasteiger partial charge in [0.2, 0.25) is 11.8 Å². The number of rotatable bonds is 5. The minimum absolute atomic E-state index is 0.0496. The van der Waals surface area contributed by atoms with E-state index in [0.29, 0.717) is 24.9 Å². The first-order valence-corrected chi connectivity index (χ1v) is 11.1. The van der Waals surface area contributed by atoms with Gasteiger partial charge in [0.05, 0.1) is 5.92 Å². The Morgan fingerprint density at radius 1 is 1.29 bits per heavy atom. The molecule has 6 heteroatoms. The second-order valence-corrected chi connectivity index (χ2v) is 9.50. The van der Waals surface area contributed by atoms with E-state index in [1.807, 2.05) is 30.0 Å². The third-order valence-corrected chi connectivity index (χ3v) is 7.17. The number of likely N-dealkylation sites (tertiary alicyclic amines) is 1. The van der Waals surface area contributed by atoms with Crippen molar-refractivity contribution in [3.05, 3.63) is 28.2 Å². The van der Waals surface area contributed by atoms with Crippen molar-refractivity contribution in [1.82, 2.24) is 9.80 Å². The molecule has 0 bridgehead atoms. The molecule has 0 aromatic heterocycles. The first-order valence-electron chi connectivity index (χ1n) is 10.3. The maximum atomic E-state index is 13.0. The van der Waals surface area contributed by atoms with Gasteiger partial charge in [-0.3, -0.25) is 9.59 Å². The summed E-state index contributed by atoms with van der Waals surface area (Å²) in [6.07, 6.45) is 2.43. The highest BCUT2D eigenvalue weighted by Gasteiger charge is 2.38. The average molecular weight is 450 g/mol. The van der Waals surface area contributed by atoms with E-state index in [-0.39, 0.29) is 17.7 Å². The number of hydrogen-bond donors (Lipinski definition) is 0. The van der Waals surface area contributed by atoms with Crippen molar-refractivity contribution in [1.29, 1.82) is 0 Å². The van der Waals surface area contributed by atoms with Crippen molar-refractivity contribution in [3.63, 3.8) is 0 Å². The maximum absolute atomic E-state index is 13.0. The zero-order valence-electron chi connectivity index (χ0n) is 17.4. The highest BCUT2D eigenvalue weighted by atomic mass is 79.9. The molecular weight excluding hydrogens is 418 g/mol. The summed E-state index contributed by atoms with van der Waals surface area (Å²) in [6, 6.07) is 6.47. The second kappa shape index (κ2) is 8.95. The fourth-order valence-electron chi connectivity index (χ4n) is 4.13. The molecule has 0 aliphatic carbocycles. The van der Waals surface area contributed by atoms with Crippen LogP contribution in [0.15, 0.2) is 22.7 Å². The van der Waals surface area contributed by atoms with Crippen LogP contribution in [-0.2, 0) is 9.59 Å². The van der Waals surface area contributed by atoms with Gasteiger partial charge in [0.1, 0.15) is 0 Å². The predicted octanol–water partition coefficient (Wildman–Crippen LogP) is 3.69. The topological polar surface area (TPSA) is 43.9 Å². The Labute approximate surface area is 177 Å². The van der Waals surface area contributed by atoms with Crippen LogP contribution in [0.3, 0.4) is 0 Å². The minimum atomic E-state index is -0.216. The third kappa shape index (κ3) is 4.77. The largest absolute Gasteiger partial charge is 0.342 e. The Morgan fingerprint density at radius 3 is 2.57 bits per heavy atom. The van der Waals surface area contributed by atoms with E-state index in [4.69, 9.17) is 0 Å². The fourth-order valence-corrected chi connectivity index (χ4v) is 4.38. The van der Waals surface area contributed by atoms with Crippen molar-refractivity contribution in [2.24, 2.45) is 11.8 Å². The van der Waals surface area contributed by atoms with Crippen LogP contribution < -0.4 is 4.90 Å². The smallest absolute Gasteiger partial charge is 0.228 e. The number of amides is 2. The number of hydrogen-bond acceptors (Lipinski definition) is 3. The van der Waals surface area contributed by atoms with Gasteiger partial charge in [-0.2, -0.15) is 0 Å². The van der Waals surface area contributed by atoms with Crippen LogP contribution in [-0.4, -0.2) is 60.9 Å². The second-order valence-electron chi connectivity index (χ2n) is 8.64.